The molecule has 0 saturated heterocycles. The van der Waals surface area contributed by atoms with Gasteiger partial charge in [0.1, 0.15) is 6.04 Å². The Labute approximate surface area is 152 Å². The summed E-state index contributed by atoms with van der Waals surface area (Å²) in [6.07, 6.45) is 2.49. The summed E-state index contributed by atoms with van der Waals surface area (Å²) >= 11 is 1.62. The van der Waals surface area contributed by atoms with Crippen LogP contribution in [-0.2, 0) is 9.53 Å². The molecule has 0 aliphatic carbocycles. The summed E-state index contributed by atoms with van der Waals surface area (Å²) in [5, 5.41) is 3.60. The van der Waals surface area contributed by atoms with Gasteiger partial charge in [-0.2, -0.15) is 11.8 Å². The van der Waals surface area contributed by atoms with Gasteiger partial charge in [-0.25, -0.2) is 4.79 Å². The number of nitrogens with zero attached hydrogens (tertiary/aromatic N) is 1. The maximum absolute atomic E-state index is 12.9. The maximum Gasteiger partial charge on any atom is 0.328 e. The molecule has 6 heteroatoms. The summed E-state index contributed by atoms with van der Waals surface area (Å²) in [6.45, 7) is 4.07. The molecule has 1 aromatic carbocycles. The van der Waals surface area contributed by atoms with E-state index >= 15 is 0 Å². The topological polar surface area (TPSA) is 68.3 Å². The molecule has 0 fully saturated rings. The fraction of sp³-hybridized carbons (Fsp3) is 0.421. The molecule has 1 atom stereocenters. The van der Waals surface area contributed by atoms with Crippen LogP contribution >= 0.6 is 11.8 Å². The summed E-state index contributed by atoms with van der Waals surface area (Å²) in [5.41, 5.74) is 2.16. The van der Waals surface area contributed by atoms with Crippen LogP contribution in [0.5, 0.6) is 0 Å². The molecule has 2 aromatic rings. The lowest BCUT2D eigenvalue weighted by Gasteiger charge is -2.17. The second kappa shape index (κ2) is 8.85. The standard InChI is InChI=1S/C19H24N2O3S/c1-12(2)17-11-14(13-7-5-6-8-15(13)20-17)18(22)21-16(9-10-25-4)19(23)24-3/h5-8,11-12,16H,9-10H2,1-4H3,(H,21,22)/t16-/m0/s1. The zero-order valence-electron chi connectivity index (χ0n) is 15.0. The van der Waals surface area contributed by atoms with Gasteiger partial charge in [0.05, 0.1) is 18.2 Å². The van der Waals surface area contributed by atoms with E-state index < -0.39 is 12.0 Å². The molecular formula is C19H24N2O3S. The van der Waals surface area contributed by atoms with Gasteiger partial charge in [0.15, 0.2) is 0 Å². The smallest absolute Gasteiger partial charge is 0.328 e. The Morgan fingerprint density at radius 1 is 1.28 bits per heavy atom. The minimum Gasteiger partial charge on any atom is -0.467 e. The molecule has 0 bridgehead atoms. The van der Waals surface area contributed by atoms with Gasteiger partial charge in [0, 0.05) is 11.1 Å². The molecule has 134 valence electrons. The Kier molecular flexibility index (Phi) is 6.82. The van der Waals surface area contributed by atoms with E-state index in [0.29, 0.717) is 12.0 Å². The van der Waals surface area contributed by atoms with E-state index in [-0.39, 0.29) is 11.8 Å². The highest BCUT2D eigenvalue weighted by Gasteiger charge is 2.23. The monoisotopic (exact) mass is 360 g/mol. The van der Waals surface area contributed by atoms with Gasteiger partial charge in [0.25, 0.3) is 5.91 Å². The number of methoxy groups -OCH3 is 1. The molecule has 0 aliphatic rings. The zero-order valence-corrected chi connectivity index (χ0v) is 15.9. The molecule has 0 saturated carbocycles. The van der Waals surface area contributed by atoms with Gasteiger partial charge in [-0.3, -0.25) is 9.78 Å². The van der Waals surface area contributed by atoms with E-state index in [2.05, 4.69) is 10.3 Å². The van der Waals surface area contributed by atoms with E-state index in [1.54, 1.807) is 11.8 Å². The number of hydrogen-bond acceptors (Lipinski definition) is 5. The first kappa shape index (κ1) is 19.2. The number of thioether (sulfide) groups is 1. The molecule has 1 amide bonds. The first-order valence-corrected chi connectivity index (χ1v) is 9.64. The number of para-hydroxylation sites is 1. The molecular weight excluding hydrogens is 336 g/mol. The van der Waals surface area contributed by atoms with Crippen molar-refractivity contribution < 1.29 is 14.3 Å². The third-order valence-corrected chi connectivity index (χ3v) is 4.62. The van der Waals surface area contributed by atoms with E-state index in [9.17, 15) is 9.59 Å². The summed E-state index contributed by atoms with van der Waals surface area (Å²) in [6, 6.07) is 8.70. The van der Waals surface area contributed by atoms with E-state index in [1.165, 1.54) is 7.11 Å². The molecule has 5 nitrogen and oxygen atoms in total. The Bertz CT molecular complexity index is 761. The fourth-order valence-corrected chi connectivity index (χ4v) is 3.01. The molecule has 2 rings (SSSR count). The van der Waals surface area contributed by atoms with Crippen molar-refractivity contribution in [2.75, 3.05) is 19.1 Å². The average Bonchev–Trinajstić information content (AvgIpc) is 2.63. The number of carbonyl (C=O) groups excluding carboxylic acids is 2. The summed E-state index contributed by atoms with van der Waals surface area (Å²) in [4.78, 5) is 29.5. The van der Waals surface area contributed by atoms with Gasteiger partial charge in [0.2, 0.25) is 0 Å². The van der Waals surface area contributed by atoms with Crippen molar-refractivity contribution in [2.45, 2.75) is 32.2 Å². The summed E-state index contributed by atoms with van der Waals surface area (Å²) in [5.74, 6) is 0.250. The number of pyridine rings is 1. The van der Waals surface area contributed by atoms with Crippen LogP contribution in [0.15, 0.2) is 30.3 Å². The first-order valence-electron chi connectivity index (χ1n) is 8.25. The van der Waals surface area contributed by atoms with Crippen LogP contribution < -0.4 is 5.32 Å². The minimum absolute atomic E-state index is 0.198. The van der Waals surface area contributed by atoms with Crippen LogP contribution in [0.3, 0.4) is 0 Å². The molecule has 0 unspecified atom stereocenters. The predicted octanol–water partition coefficient (Wildman–Crippen LogP) is 3.38. The lowest BCUT2D eigenvalue weighted by atomic mass is 10.0. The molecule has 1 N–H and O–H groups in total. The maximum atomic E-state index is 12.9. The van der Waals surface area contributed by atoms with Gasteiger partial charge in [-0.05, 0) is 36.5 Å². The number of hydrogen-bond donors (Lipinski definition) is 1. The highest BCUT2D eigenvalue weighted by atomic mass is 32.2. The Morgan fingerprint density at radius 3 is 2.64 bits per heavy atom. The molecule has 0 aliphatic heterocycles. The van der Waals surface area contributed by atoms with Crippen LogP contribution in [0, 0.1) is 0 Å². The minimum atomic E-state index is -0.653. The van der Waals surface area contributed by atoms with Crippen molar-refractivity contribution in [1.29, 1.82) is 0 Å². The van der Waals surface area contributed by atoms with Crippen molar-refractivity contribution in [2.24, 2.45) is 0 Å². The van der Waals surface area contributed by atoms with Crippen molar-refractivity contribution in [3.63, 3.8) is 0 Å². The van der Waals surface area contributed by atoms with Crippen LogP contribution in [0.1, 0.15) is 42.2 Å². The SMILES string of the molecule is COC(=O)[C@H](CCSC)NC(=O)c1cc(C(C)C)nc2ccccc12. The Balaban J connectivity index is 2.38. The number of ether oxygens (including phenoxy) is 1. The summed E-state index contributed by atoms with van der Waals surface area (Å²) < 4.78 is 4.82. The largest absolute Gasteiger partial charge is 0.467 e. The first-order chi connectivity index (χ1) is 12.0. The summed E-state index contributed by atoms with van der Waals surface area (Å²) in [7, 11) is 1.33. The number of nitrogens with one attached hydrogen (secondary N) is 1. The van der Waals surface area contributed by atoms with E-state index in [0.717, 1.165) is 22.3 Å². The van der Waals surface area contributed by atoms with Crippen LogP contribution in [-0.4, -0.2) is 42.0 Å². The Hall–Kier alpha value is -2.08. The lowest BCUT2D eigenvalue weighted by molar-refractivity contribution is -0.142. The van der Waals surface area contributed by atoms with Gasteiger partial charge >= 0.3 is 5.97 Å². The van der Waals surface area contributed by atoms with E-state index in [1.807, 2.05) is 50.4 Å². The normalized spacial score (nSPS) is 12.2. The number of benzene rings is 1. The van der Waals surface area contributed by atoms with Gasteiger partial charge in [-0.1, -0.05) is 32.0 Å². The molecule has 0 radical (unpaired) electrons. The van der Waals surface area contributed by atoms with Crippen LogP contribution in [0.25, 0.3) is 10.9 Å². The average molecular weight is 360 g/mol. The predicted molar refractivity (Wildman–Crippen MR) is 102 cm³/mol. The number of esters is 1. The lowest BCUT2D eigenvalue weighted by Crippen LogP contribution is -2.42. The van der Waals surface area contributed by atoms with Crippen molar-refractivity contribution in [1.82, 2.24) is 10.3 Å². The number of carbonyl (C=O) groups is 2. The zero-order chi connectivity index (χ0) is 18.4. The Morgan fingerprint density at radius 2 is 2.00 bits per heavy atom. The number of fused-ring (bicyclic) bond motifs is 1. The van der Waals surface area contributed by atoms with Gasteiger partial charge in [-0.15, -0.1) is 0 Å². The number of rotatable bonds is 7. The third kappa shape index (κ3) is 4.72. The molecule has 25 heavy (non-hydrogen) atoms. The third-order valence-electron chi connectivity index (χ3n) is 3.97. The fourth-order valence-electron chi connectivity index (χ4n) is 2.54. The molecule has 1 aromatic heterocycles. The van der Waals surface area contributed by atoms with E-state index in [4.69, 9.17) is 4.74 Å². The van der Waals surface area contributed by atoms with Crippen molar-refractivity contribution in [3.05, 3.63) is 41.6 Å². The van der Waals surface area contributed by atoms with Crippen molar-refractivity contribution in [3.8, 4) is 0 Å². The molecule has 0 spiro atoms. The van der Waals surface area contributed by atoms with Gasteiger partial charge < -0.3 is 10.1 Å². The number of aromatic nitrogens is 1. The van der Waals surface area contributed by atoms with Crippen LogP contribution in [0.4, 0.5) is 0 Å². The highest BCUT2D eigenvalue weighted by molar-refractivity contribution is 7.98. The quantitative estimate of drug-likeness (QED) is 0.767. The highest BCUT2D eigenvalue weighted by Crippen LogP contribution is 2.22. The van der Waals surface area contributed by atoms with Crippen LogP contribution in [0.2, 0.25) is 0 Å². The number of amides is 1. The second-order valence-corrected chi connectivity index (χ2v) is 7.08. The second-order valence-electron chi connectivity index (χ2n) is 6.10. The molecule has 1 heterocycles. The van der Waals surface area contributed by atoms with Crippen molar-refractivity contribution >= 4 is 34.5 Å².